The summed E-state index contributed by atoms with van der Waals surface area (Å²) in [6, 6.07) is 47.9. The first kappa shape index (κ1) is 25.8. The zero-order valence-electron chi connectivity index (χ0n) is 25.2. The van der Waals surface area contributed by atoms with Crippen molar-refractivity contribution in [2.24, 2.45) is 0 Å². The topological polar surface area (TPSA) is 29.3 Å². The largest absolute Gasteiger partial charge is 0.454 e. The van der Waals surface area contributed by atoms with Gasteiger partial charge in [0.2, 0.25) is 0 Å². The second-order valence-corrected chi connectivity index (χ2v) is 12.5. The van der Waals surface area contributed by atoms with Crippen molar-refractivity contribution in [2.45, 2.75) is 19.3 Å². The van der Waals surface area contributed by atoms with Crippen molar-refractivity contribution < 1.29 is 4.42 Å². The molecule has 214 valence electrons. The van der Waals surface area contributed by atoms with Gasteiger partial charge >= 0.3 is 0 Å². The fourth-order valence-electron chi connectivity index (χ4n) is 7.26. The number of furan rings is 1. The van der Waals surface area contributed by atoms with Gasteiger partial charge in [-0.05, 0) is 80.6 Å². The molecule has 6 aromatic carbocycles. The van der Waals surface area contributed by atoms with Crippen LogP contribution in [0, 0.1) is 0 Å². The highest BCUT2D eigenvalue weighted by atomic mass is 16.3. The SMILES string of the molecule is CC1(C)c2ccccc2-c2ccc(N(c3ccc(-c4ccccc4)cc3)c3cncc4oc5cc6ccccc6cc5c34)cc21. The molecule has 0 saturated carbocycles. The van der Waals surface area contributed by atoms with E-state index in [1.165, 1.54) is 38.8 Å². The summed E-state index contributed by atoms with van der Waals surface area (Å²) >= 11 is 0. The average molecular weight is 579 g/mol. The lowest BCUT2D eigenvalue weighted by Crippen LogP contribution is -2.16. The standard InChI is InChI=1S/C42H30N2O/c1-42(2)36-15-9-8-14-33(36)34-21-20-32(24-37(34)42)44(31-18-16-28(17-19-31)27-10-4-3-5-11-27)38-25-43-26-40-41(38)35-22-29-12-6-7-13-30(29)23-39(35)45-40/h3-26H,1-2H3. The Labute approximate surface area is 262 Å². The number of rotatable bonds is 4. The number of benzene rings is 6. The highest BCUT2D eigenvalue weighted by Gasteiger charge is 2.36. The van der Waals surface area contributed by atoms with E-state index in [1.54, 1.807) is 0 Å². The van der Waals surface area contributed by atoms with Gasteiger partial charge in [0.15, 0.2) is 5.58 Å². The third-order valence-electron chi connectivity index (χ3n) is 9.53. The summed E-state index contributed by atoms with van der Waals surface area (Å²) < 4.78 is 6.46. The van der Waals surface area contributed by atoms with Gasteiger partial charge in [-0.3, -0.25) is 4.98 Å². The molecule has 45 heavy (non-hydrogen) atoms. The third kappa shape index (κ3) is 3.94. The molecule has 0 saturated heterocycles. The van der Waals surface area contributed by atoms with Gasteiger partial charge in [-0.2, -0.15) is 0 Å². The number of hydrogen-bond acceptors (Lipinski definition) is 3. The minimum absolute atomic E-state index is 0.115. The van der Waals surface area contributed by atoms with Crippen LogP contribution in [0.15, 0.2) is 150 Å². The third-order valence-corrected chi connectivity index (χ3v) is 9.53. The lowest BCUT2D eigenvalue weighted by molar-refractivity contribution is 0.660. The van der Waals surface area contributed by atoms with E-state index in [0.29, 0.717) is 0 Å². The normalized spacial score (nSPS) is 13.3. The lowest BCUT2D eigenvalue weighted by atomic mass is 9.82. The van der Waals surface area contributed by atoms with Crippen LogP contribution in [0.3, 0.4) is 0 Å². The quantitative estimate of drug-likeness (QED) is 0.208. The van der Waals surface area contributed by atoms with Crippen molar-refractivity contribution in [3.63, 3.8) is 0 Å². The van der Waals surface area contributed by atoms with Gasteiger partial charge in [0.05, 0.1) is 23.5 Å². The lowest BCUT2D eigenvalue weighted by Gasteiger charge is -2.28. The molecule has 0 fully saturated rings. The first-order valence-corrected chi connectivity index (χ1v) is 15.5. The smallest absolute Gasteiger partial charge is 0.155 e. The van der Waals surface area contributed by atoms with E-state index in [0.717, 1.165) is 44.4 Å². The summed E-state index contributed by atoms with van der Waals surface area (Å²) in [7, 11) is 0. The molecule has 0 N–H and O–H groups in total. The van der Waals surface area contributed by atoms with E-state index in [9.17, 15) is 0 Å². The molecule has 2 heterocycles. The first-order valence-electron chi connectivity index (χ1n) is 15.5. The van der Waals surface area contributed by atoms with E-state index < -0.39 is 0 Å². The van der Waals surface area contributed by atoms with E-state index >= 15 is 0 Å². The van der Waals surface area contributed by atoms with E-state index in [-0.39, 0.29) is 5.41 Å². The van der Waals surface area contributed by atoms with Gasteiger partial charge in [0.25, 0.3) is 0 Å². The molecular formula is C42H30N2O. The highest BCUT2D eigenvalue weighted by molar-refractivity contribution is 6.16. The fourth-order valence-corrected chi connectivity index (χ4v) is 7.26. The van der Waals surface area contributed by atoms with Gasteiger partial charge < -0.3 is 9.32 Å². The van der Waals surface area contributed by atoms with Crippen LogP contribution in [0.4, 0.5) is 17.1 Å². The number of aromatic nitrogens is 1. The van der Waals surface area contributed by atoms with E-state index in [1.807, 2.05) is 12.4 Å². The van der Waals surface area contributed by atoms with Crippen molar-refractivity contribution in [1.82, 2.24) is 4.98 Å². The molecule has 3 heteroatoms. The van der Waals surface area contributed by atoms with Crippen LogP contribution in [0.2, 0.25) is 0 Å². The molecule has 9 rings (SSSR count). The van der Waals surface area contributed by atoms with Crippen LogP contribution in [0.25, 0.3) is 55.0 Å². The Bertz CT molecular complexity index is 2400. The van der Waals surface area contributed by atoms with E-state index in [2.05, 4.69) is 152 Å². The Morgan fingerprint density at radius 2 is 1.22 bits per heavy atom. The molecular weight excluding hydrogens is 548 g/mol. The molecule has 3 nitrogen and oxygen atoms in total. The molecule has 2 aromatic heterocycles. The maximum Gasteiger partial charge on any atom is 0.155 e. The number of pyridine rings is 1. The molecule has 0 spiro atoms. The van der Waals surface area contributed by atoms with Gasteiger partial charge in [0.1, 0.15) is 5.58 Å². The molecule has 0 radical (unpaired) electrons. The van der Waals surface area contributed by atoms with Crippen LogP contribution < -0.4 is 4.90 Å². The van der Waals surface area contributed by atoms with Crippen LogP contribution in [0.1, 0.15) is 25.0 Å². The maximum absolute atomic E-state index is 6.46. The minimum Gasteiger partial charge on any atom is -0.454 e. The Kier molecular flexibility index (Phi) is 5.54. The van der Waals surface area contributed by atoms with Gasteiger partial charge in [-0.1, -0.05) is 111 Å². The summed E-state index contributed by atoms with van der Waals surface area (Å²) in [4.78, 5) is 7.05. The van der Waals surface area contributed by atoms with Crippen LogP contribution in [-0.2, 0) is 5.41 Å². The summed E-state index contributed by atoms with van der Waals surface area (Å²) in [6.07, 6.45) is 3.81. The van der Waals surface area contributed by atoms with Gasteiger partial charge in [0, 0.05) is 22.2 Å². The number of anilines is 3. The van der Waals surface area contributed by atoms with Crippen molar-refractivity contribution in [3.8, 4) is 22.3 Å². The number of hydrogen-bond donors (Lipinski definition) is 0. The molecule has 8 aromatic rings. The fraction of sp³-hybridized carbons (Fsp3) is 0.0714. The van der Waals surface area contributed by atoms with Crippen molar-refractivity contribution in [3.05, 3.63) is 157 Å². The Balaban J connectivity index is 1.29. The zero-order valence-corrected chi connectivity index (χ0v) is 25.2. The van der Waals surface area contributed by atoms with Crippen LogP contribution in [-0.4, -0.2) is 4.98 Å². The molecule has 0 aliphatic heterocycles. The van der Waals surface area contributed by atoms with E-state index in [4.69, 9.17) is 9.40 Å². The van der Waals surface area contributed by atoms with Crippen LogP contribution >= 0.6 is 0 Å². The minimum atomic E-state index is -0.115. The highest BCUT2D eigenvalue weighted by Crippen LogP contribution is 2.51. The number of fused-ring (bicyclic) bond motifs is 7. The Hall–Kier alpha value is -5.67. The predicted octanol–water partition coefficient (Wildman–Crippen LogP) is 11.6. The number of nitrogens with zero attached hydrogens (tertiary/aromatic N) is 2. The molecule has 1 aliphatic rings. The predicted molar refractivity (Wildman–Crippen MR) is 187 cm³/mol. The first-order chi connectivity index (χ1) is 22.1. The molecule has 0 atom stereocenters. The zero-order chi connectivity index (χ0) is 30.1. The molecule has 0 bridgehead atoms. The molecule has 0 unspecified atom stereocenters. The maximum atomic E-state index is 6.46. The molecule has 0 amide bonds. The summed E-state index contributed by atoms with van der Waals surface area (Å²) in [5.41, 5.74) is 12.4. The Morgan fingerprint density at radius 3 is 2.04 bits per heavy atom. The Morgan fingerprint density at radius 1 is 0.556 bits per heavy atom. The van der Waals surface area contributed by atoms with Crippen LogP contribution in [0.5, 0.6) is 0 Å². The van der Waals surface area contributed by atoms with Gasteiger partial charge in [-0.15, -0.1) is 0 Å². The van der Waals surface area contributed by atoms with Gasteiger partial charge in [-0.25, -0.2) is 0 Å². The summed E-state index contributed by atoms with van der Waals surface area (Å²) in [5.74, 6) is 0. The second-order valence-electron chi connectivity index (χ2n) is 12.5. The average Bonchev–Trinajstić information content (AvgIpc) is 3.56. The summed E-state index contributed by atoms with van der Waals surface area (Å²) in [6.45, 7) is 4.66. The second kappa shape index (κ2) is 9.67. The van der Waals surface area contributed by atoms with Crippen molar-refractivity contribution in [1.29, 1.82) is 0 Å². The van der Waals surface area contributed by atoms with Crippen molar-refractivity contribution >= 4 is 49.8 Å². The van der Waals surface area contributed by atoms with Crippen molar-refractivity contribution in [2.75, 3.05) is 4.90 Å². The monoisotopic (exact) mass is 578 g/mol. The molecule has 1 aliphatic carbocycles. The summed E-state index contributed by atoms with van der Waals surface area (Å²) in [5, 5.41) is 4.49.